The lowest BCUT2D eigenvalue weighted by Gasteiger charge is -2.00. The van der Waals surface area contributed by atoms with E-state index in [1.165, 1.54) is 24.4 Å². The van der Waals surface area contributed by atoms with Crippen LogP contribution in [0.4, 0.5) is 4.39 Å². The van der Waals surface area contributed by atoms with E-state index in [1.807, 2.05) is 0 Å². The largest absolute Gasteiger partial charge is 0.481 e. The van der Waals surface area contributed by atoms with Crippen molar-refractivity contribution in [1.29, 1.82) is 0 Å². The van der Waals surface area contributed by atoms with Crippen LogP contribution in [0.25, 0.3) is 11.3 Å². The molecular formula is C11H8ClFN2O2. The summed E-state index contributed by atoms with van der Waals surface area (Å²) >= 11 is 5.76. The SMILES string of the molecule is O=C(O)Cc1ncc(-c2cc(Cl)ccc2F)[nH]1. The highest BCUT2D eigenvalue weighted by atomic mass is 35.5. The number of hydrogen-bond donors (Lipinski definition) is 2. The Bertz CT molecular complexity index is 568. The number of carboxylic acids is 1. The van der Waals surface area contributed by atoms with Gasteiger partial charge in [-0.1, -0.05) is 11.6 Å². The van der Waals surface area contributed by atoms with Crippen LogP contribution in [0.15, 0.2) is 24.4 Å². The van der Waals surface area contributed by atoms with Gasteiger partial charge >= 0.3 is 5.97 Å². The first kappa shape index (κ1) is 11.6. The molecule has 0 bridgehead atoms. The van der Waals surface area contributed by atoms with Crippen LogP contribution in [0.5, 0.6) is 0 Å². The molecule has 0 amide bonds. The van der Waals surface area contributed by atoms with E-state index in [4.69, 9.17) is 16.7 Å². The van der Waals surface area contributed by atoms with Gasteiger partial charge in [-0.3, -0.25) is 4.79 Å². The number of nitrogens with zero attached hydrogens (tertiary/aromatic N) is 1. The third kappa shape index (κ3) is 2.62. The Balaban J connectivity index is 2.36. The van der Waals surface area contributed by atoms with Gasteiger partial charge in [0.25, 0.3) is 0 Å². The van der Waals surface area contributed by atoms with Crippen molar-refractivity contribution in [3.05, 3.63) is 41.1 Å². The number of halogens is 2. The summed E-state index contributed by atoms with van der Waals surface area (Å²) in [4.78, 5) is 17.1. The van der Waals surface area contributed by atoms with Crippen LogP contribution in [0, 0.1) is 5.82 Å². The Morgan fingerprint density at radius 1 is 1.53 bits per heavy atom. The van der Waals surface area contributed by atoms with Crippen LogP contribution in [0.2, 0.25) is 5.02 Å². The minimum absolute atomic E-state index is 0.234. The number of hydrogen-bond acceptors (Lipinski definition) is 2. The zero-order valence-corrected chi connectivity index (χ0v) is 9.33. The molecule has 2 N–H and O–H groups in total. The monoisotopic (exact) mass is 254 g/mol. The average molecular weight is 255 g/mol. The summed E-state index contributed by atoms with van der Waals surface area (Å²) in [6, 6.07) is 4.14. The van der Waals surface area contributed by atoms with Crippen LogP contribution >= 0.6 is 11.6 Å². The number of aromatic nitrogens is 2. The zero-order chi connectivity index (χ0) is 12.4. The van der Waals surface area contributed by atoms with Gasteiger partial charge in [0.15, 0.2) is 0 Å². The van der Waals surface area contributed by atoms with Gasteiger partial charge < -0.3 is 10.1 Å². The molecule has 4 nitrogen and oxygen atoms in total. The molecule has 2 rings (SSSR count). The van der Waals surface area contributed by atoms with Gasteiger partial charge in [0.1, 0.15) is 18.1 Å². The molecule has 1 aromatic heterocycles. The highest BCUT2D eigenvalue weighted by Crippen LogP contribution is 2.24. The molecule has 17 heavy (non-hydrogen) atoms. The topological polar surface area (TPSA) is 66.0 Å². The fraction of sp³-hybridized carbons (Fsp3) is 0.0909. The molecule has 2 aromatic rings. The molecule has 6 heteroatoms. The average Bonchev–Trinajstić information content (AvgIpc) is 2.69. The highest BCUT2D eigenvalue weighted by Gasteiger charge is 2.10. The number of benzene rings is 1. The number of aliphatic carboxylic acids is 1. The molecule has 1 aromatic carbocycles. The van der Waals surface area contributed by atoms with Crippen molar-refractivity contribution in [3.8, 4) is 11.3 Å². The minimum Gasteiger partial charge on any atom is -0.481 e. The number of rotatable bonds is 3. The molecule has 88 valence electrons. The van der Waals surface area contributed by atoms with Crippen LogP contribution in [-0.4, -0.2) is 21.0 Å². The lowest BCUT2D eigenvalue weighted by atomic mass is 10.1. The summed E-state index contributed by atoms with van der Waals surface area (Å²) < 4.78 is 13.5. The predicted octanol–water partition coefficient (Wildman–Crippen LogP) is 2.50. The normalized spacial score (nSPS) is 10.5. The van der Waals surface area contributed by atoms with Crippen LogP contribution in [0.3, 0.4) is 0 Å². The maximum absolute atomic E-state index is 13.5. The maximum atomic E-state index is 13.5. The summed E-state index contributed by atoms with van der Waals surface area (Å²) in [6.07, 6.45) is 1.15. The van der Waals surface area contributed by atoms with Crippen molar-refractivity contribution < 1.29 is 14.3 Å². The van der Waals surface area contributed by atoms with E-state index in [0.717, 1.165) is 0 Å². The lowest BCUT2D eigenvalue weighted by molar-refractivity contribution is -0.136. The molecule has 0 radical (unpaired) electrons. The summed E-state index contributed by atoms with van der Waals surface area (Å²) in [6.45, 7) is 0. The second kappa shape index (κ2) is 4.55. The van der Waals surface area contributed by atoms with E-state index in [9.17, 15) is 9.18 Å². The van der Waals surface area contributed by atoms with Crippen molar-refractivity contribution in [3.63, 3.8) is 0 Å². The summed E-state index contributed by atoms with van der Waals surface area (Å²) in [5.41, 5.74) is 0.669. The molecule has 0 aliphatic rings. The van der Waals surface area contributed by atoms with E-state index in [0.29, 0.717) is 10.7 Å². The molecule has 0 aliphatic heterocycles. The Hall–Kier alpha value is -1.88. The second-order valence-corrected chi connectivity index (χ2v) is 3.87. The van der Waals surface area contributed by atoms with E-state index < -0.39 is 11.8 Å². The number of carboxylic acid groups (broad SMARTS) is 1. The van der Waals surface area contributed by atoms with Crippen LogP contribution in [0.1, 0.15) is 5.82 Å². The number of H-pyrrole nitrogens is 1. The molecule has 0 fully saturated rings. The standard InChI is InChI=1S/C11H8ClFN2O2/c12-6-1-2-8(13)7(3-6)9-5-14-10(15-9)4-11(16)17/h1-3,5H,4H2,(H,14,15)(H,16,17). The third-order valence-corrected chi connectivity index (χ3v) is 2.40. The second-order valence-electron chi connectivity index (χ2n) is 3.44. The Morgan fingerprint density at radius 3 is 3.00 bits per heavy atom. The fourth-order valence-corrected chi connectivity index (χ4v) is 1.61. The Labute approximate surface area is 101 Å². The first-order valence-electron chi connectivity index (χ1n) is 4.77. The van der Waals surface area contributed by atoms with Crippen molar-refractivity contribution in [2.75, 3.05) is 0 Å². The maximum Gasteiger partial charge on any atom is 0.311 e. The summed E-state index contributed by atoms with van der Waals surface area (Å²) in [7, 11) is 0. The van der Waals surface area contributed by atoms with Gasteiger partial charge in [-0.15, -0.1) is 0 Å². The summed E-state index contributed by atoms with van der Waals surface area (Å²) in [5, 5.41) is 8.99. The number of aromatic amines is 1. The predicted molar refractivity (Wildman–Crippen MR) is 60.3 cm³/mol. The van der Waals surface area contributed by atoms with Crippen LogP contribution < -0.4 is 0 Å². The zero-order valence-electron chi connectivity index (χ0n) is 8.58. The first-order chi connectivity index (χ1) is 8.06. The molecule has 0 atom stereocenters. The molecule has 0 saturated carbocycles. The number of nitrogens with one attached hydrogen (secondary N) is 1. The van der Waals surface area contributed by atoms with Gasteiger partial charge in [-0.2, -0.15) is 0 Å². The number of carbonyl (C=O) groups is 1. The Morgan fingerprint density at radius 2 is 2.29 bits per heavy atom. The third-order valence-electron chi connectivity index (χ3n) is 2.17. The van der Waals surface area contributed by atoms with E-state index >= 15 is 0 Å². The minimum atomic E-state index is -1.00. The number of imidazole rings is 1. The molecule has 0 saturated heterocycles. The summed E-state index contributed by atoms with van der Waals surface area (Å²) in [5.74, 6) is -1.18. The van der Waals surface area contributed by atoms with Crippen LogP contribution in [-0.2, 0) is 11.2 Å². The van der Waals surface area contributed by atoms with E-state index in [-0.39, 0.29) is 17.8 Å². The molecule has 0 unspecified atom stereocenters. The van der Waals surface area contributed by atoms with Crippen molar-refractivity contribution in [2.24, 2.45) is 0 Å². The quantitative estimate of drug-likeness (QED) is 0.884. The van der Waals surface area contributed by atoms with Gasteiger partial charge in [-0.25, -0.2) is 9.37 Å². The van der Waals surface area contributed by atoms with E-state index in [2.05, 4.69) is 9.97 Å². The highest BCUT2D eigenvalue weighted by molar-refractivity contribution is 6.30. The Kier molecular flexibility index (Phi) is 3.10. The van der Waals surface area contributed by atoms with Gasteiger partial charge in [0.05, 0.1) is 11.9 Å². The van der Waals surface area contributed by atoms with Gasteiger partial charge in [0, 0.05) is 10.6 Å². The first-order valence-corrected chi connectivity index (χ1v) is 5.15. The lowest BCUT2D eigenvalue weighted by Crippen LogP contribution is -2.01. The molecule has 0 spiro atoms. The van der Waals surface area contributed by atoms with Gasteiger partial charge in [0.2, 0.25) is 0 Å². The van der Waals surface area contributed by atoms with Crippen molar-refractivity contribution in [2.45, 2.75) is 6.42 Å². The van der Waals surface area contributed by atoms with E-state index in [1.54, 1.807) is 0 Å². The smallest absolute Gasteiger partial charge is 0.311 e. The fourth-order valence-electron chi connectivity index (χ4n) is 1.44. The van der Waals surface area contributed by atoms with Crippen molar-refractivity contribution >= 4 is 17.6 Å². The molecule has 0 aliphatic carbocycles. The molecular weight excluding hydrogens is 247 g/mol. The van der Waals surface area contributed by atoms with Gasteiger partial charge in [-0.05, 0) is 18.2 Å². The molecule has 1 heterocycles. The van der Waals surface area contributed by atoms with Crippen molar-refractivity contribution in [1.82, 2.24) is 9.97 Å².